The maximum Gasteiger partial charge on any atom is 0.125 e. The molecule has 0 aliphatic carbocycles. The Kier molecular flexibility index (Phi) is 2.00. The number of hydrogen-bond donors (Lipinski definition) is 1. The van der Waals surface area contributed by atoms with Crippen molar-refractivity contribution >= 4 is 0 Å². The van der Waals surface area contributed by atoms with Gasteiger partial charge in [0, 0.05) is 25.0 Å². The summed E-state index contributed by atoms with van der Waals surface area (Å²) in [7, 11) is 0. The van der Waals surface area contributed by atoms with Crippen LogP contribution in [0.2, 0.25) is 0 Å². The lowest BCUT2D eigenvalue weighted by Gasteiger charge is -2.28. The van der Waals surface area contributed by atoms with Gasteiger partial charge in [0.1, 0.15) is 5.60 Å². The molecular weight excluding hydrogens is 190 g/mol. The van der Waals surface area contributed by atoms with Gasteiger partial charge in [-0.05, 0) is 25.8 Å². The van der Waals surface area contributed by atoms with E-state index < -0.39 is 5.60 Å². The molecule has 2 fully saturated rings. The van der Waals surface area contributed by atoms with E-state index in [1.54, 1.807) is 18.6 Å². The molecule has 3 rings (SSSR count). The topological polar surface area (TPSA) is 49.3 Å². The van der Waals surface area contributed by atoms with Crippen LogP contribution in [0.5, 0.6) is 0 Å². The highest BCUT2D eigenvalue weighted by atomic mass is 16.3. The van der Waals surface area contributed by atoms with E-state index in [1.807, 2.05) is 0 Å². The molecule has 2 saturated heterocycles. The molecule has 4 heteroatoms. The summed E-state index contributed by atoms with van der Waals surface area (Å²) < 4.78 is 0. The quantitative estimate of drug-likeness (QED) is 0.726. The lowest BCUT2D eigenvalue weighted by molar-refractivity contribution is 0.00502. The second-order valence-corrected chi connectivity index (χ2v) is 4.46. The minimum Gasteiger partial charge on any atom is -0.382 e. The maximum atomic E-state index is 10.7. The molecule has 2 aliphatic rings. The van der Waals surface area contributed by atoms with Crippen molar-refractivity contribution < 1.29 is 5.11 Å². The van der Waals surface area contributed by atoms with Crippen molar-refractivity contribution in [3.63, 3.8) is 0 Å². The van der Waals surface area contributed by atoms with Crippen LogP contribution < -0.4 is 0 Å². The molecule has 0 saturated carbocycles. The van der Waals surface area contributed by atoms with Crippen LogP contribution in [0.3, 0.4) is 0 Å². The Morgan fingerprint density at radius 2 is 2.33 bits per heavy atom. The highest BCUT2D eigenvalue weighted by molar-refractivity contribution is 5.17. The van der Waals surface area contributed by atoms with Crippen LogP contribution in [-0.4, -0.2) is 39.1 Å². The van der Waals surface area contributed by atoms with Gasteiger partial charge in [-0.3, -0.25) is 14.9 Å². The lowest BCUT2D eigenvalue weighted by atomic mass is 9.89. The molecule has 0 bridgehead atoms. The van der Waals surface area contributed by atoms with Crippen molar-refractivity contribution in [3.05, 3.63) is 24.3 Å². The Labute approximate surface area is 89.0 Å². The summed E-state index contributed by atoms with van der Waals surface area (Å²) in [5.74, 6) is 0. The van der Waals surface area contributed by atoms with E-state index in [-0.39, 0.29) is 6.04 Å². The second-order valence-electron chi connectivity index (χ2n) is 4.46. The van der Waals surface area contributed by atoms with Gasteiger partial charge in [0.05, 0.1) is 11.9 Å². The smallest absolute Gasteiger partial charge is 0.125 e. The normalized spacial score (nSPS) is 35.7. The average molecular weight is 205 g/mol. The van der Waals surface area contributed by atoms with Crippen molar-refractivity contribution in [1.29, 1.82) is 0 Å². The van der Waals surface area contributed by atoms with Crippen molar-refractivity contribution in [2.24, 2.45) is 0 Å². The number of fused-ring (bicyclic) bond motifs is 1. The summed E-state index contributed by atoms with van der Waals surface area (Å²) >= 11 is 0. The molecule has 2 unspecified atom stereocenters. The highest BCUT2D eigenvalue weighted by Gasteiger charge is 2.49. The zero-order valence-electron chi connectivity index (χ0n) is 8.63. The van der Waals surface area contributed by atoms with Crippen LogP contribution in [0.25, 0.3) is 0 Å². The maximum absolute atomic E-state index is 10.7. The van der Waals surface area contributed by atoms with Crippen LogP contribution in [0.15, 0.2) is 18.6 Å². The second kappa shape index (κ2) is 3.25. The van der Waals surface area contributed by atoms with Crippen molar-refractivity contribution in [2.45, 2.75) is 30.9 Å². The minimum atomic E-state index is -0.759. The molecule has 1 aromatic rings. The molecule has 2 aliphatic heterocycles. The molecule has 1 N–H and O–H groups in total. The van der Waals surface area contributed by atoms with E-state index in [0.29, 0.717) is 0 Å². The van der Waals surface area contributed by atoms with E-state index in [2.05, 4.69) is 14.9 Å². The summed E-state index contributed by atoms with van der Waals surface area (Å²) in [6.45, 7) is 2.10. The standard InChI is InChI=1S/C11H15N3O/c15-11(9-8-12-4-5-13-9)3-7-14-6-1-2-10(11)14/h4-5,8,10,15H,1-3,6-7H2. The average Bonchev–Trinajstić information content (AvgIpc) is 2.85. The third-order valence-electron chi connectivity index (χ3n) is 3.70. The number of rotatable bonds is 1. The Morgan fingerprint density at radius 1 is 1.40 bits per heavy atom. The Hall–Kier alpha value is -1.00. The first-order valence-corrected chi connectivity index (χ1v) is 5.53. The van der Waals surface area contributed by atoms with Gasteiger partial charge in [-0.15, -0.1) is 0 Å². The van der Waals surface area contributed by atoms with Crippen LogP contribution in [0.4, 0.5) is 0 Å². The zero-order chi connectivity index (χ0) is 10.3. The van der Waals surface area contributed by atoms with E-state index in [4.69, 9.17) is 0 Å². The molecule has 0 amide bonds. The van der Waals surface area contributed by atoms with Gasteiger partial charge >= 0.3 is 0 Å². The summed E-state index contributed by atoms with van der Waals surface area (Å²) in [6, 6.07) is 0.259. The summed E-state index contributed by atoms with van der Waals surface area (Å²) in [5.41, 5.74) is -0.0236. The molecule has 2 atom stereocenters. The van der Waals surface area contributed by atoms with E-state index >= 15 is 0 Å². The molecule has 1 aromatic heterocycles. The van der Waals surface area contributed by atoms with Gasteiger partial charge in [0.2, 0.25) is 0 Å². The third-order valence-corrected chi connectivity index (χ3v) is 3.70. The van der Waals surface area contributed by atoms with Gasteiger partial charge in [-0.2, -0.15) is 0 Å². The van der Waals surface area contributed by atoms with Crippen LogP contribution in [-0.2, 0) is 5.60 Å². The molecule has 15 heavy (non-hydrogen) atoms. The van der Waals surface area contributed by atoms with Gasteiger partial charge in [0.15, 0.2) is 0 Å². The van der Waals surface area contributed by atoms with Crippen LogP contribution in [0, 0.1) is 0 Å². The largest absolute Gasteiger partial charge is 0.382 e. The first kappa shape index (κ1) is 9.24. The van der Waals surface area contributed by atoms with Crippen molar-refractivity contribution in [2.75, 3.05) is 13.1 Å². The monoisotopic (exact) mass is 205 g/mol. The van der Waals surface area contributed by atoms with Crippen molar-refractivity contribution in [1.82, 2.24) is 14.9 Å². The number of aliphatic hydroxyl groups is 1. The molecular formula is C11H15N3O. The Balaban J connectivity index is 1.97. The first-order chi connectivity index (χ1) is 7.31. The summed E-state index contributed by atoms with van der Waals surface area (Å²) in [6.07, 6.45) is 8.05. The fourth-order valence-corrected chi connectivity index (χ4v) is 2.94. The first-order valence-electron chi connectivity index (χ1n) is 5.53. The molecule has 0 aromatic carbocycles. The fourth-order valence-electron chi connectivity index (χ4n) is 2.94. The SMILES string of the molecule is OC1(c2cnccn2)CCN2CCCC21. The molecule has 3 heterocycles. The fraction of sp³-hybridized carbons (Fsp3) is 0.636. The van der Waals surface area contributed by atoms with Gasteiger partial charge in [-0.25, -0.2) is 0 Å². The van der Waals surface area contributed by atoms with Crippen LogP contribution >= 0.6 is 0 Å². The van der Waals surface area contributed by atoms with Gasteiger partial charge < -0.3 is 5.11 Å². The molecule has 80 valence electrons. The zero-order valence-corrected chi connectivity index (χ0v) is 8.63. The molecule has 4 nitrogen and oxygen atoms in total. The van der Waals surface area contributed by atoms with Crippen molar-refractivity contribution in [3.8, 4) is 0 Å². The summed E-state index contributed by atoms with van der Waals surface area (Å²) in [5, 5.41) is 10.7. The summed E-state index contributed by atoms with van der Waals surface area (Å²) in [4.78, 5) is 10.7. The van der Waals surface area contributed by atoms with E-state index in [1.165, 1.54) is 6.42 Å². The van der Waals surface area contributed by atoms with E-state index in [9.17, 15) is 5.11 Å². The lowest BCUT2D eigenvalue weighted by Crippen LogP contribution is -2.39. The minimum absolute atomic E-state index is 0.259. The van der Waals surface area contributed by atoms with Crippen LogP contribution in [0.1, 0.15) is 25.0 Å². The predicted molar refractivity (Wildman–Crippen MR) is 55.1 cm³/mol. The predicted octanol–water partition coefficient (Wildman–Crippen LogP) is 0.532. The Bertz CT molecular complexity index is 356. The highest BCUT2D eigenvalue weighted by Crippen LogP contribution is 2.41. The molecule has 0 radical (unpaired) electrons. The van der Waals surface area contributed by atoms with Gasteiger partial charge in [-0.1, -0.05) is 0 Å². The number of nitrogens with zero attached hydrogens (tertiary/aromatic N) is 3. The van der Waals surface area contributed by atoms with E-state index in [0.717, 1.165) is 31.6 Å². The third kappa shape index (κ3) is 1.28. The Morgan fingerprint density at radius 3 is 3.13 bits per heavy atom. The molecule has 0 spiro atoms. The van der Waals surface area contributed by atoms with Gasteiger partial charge in [0.25, 0.3) is 0 Å². The number of hydrogen-bond acceptors (Lipinski definition) is 4. The number of aromatic nitrogens is 2.